The minimum absolute atomic E-state index is 0.184. The lowest BCUT2D eigenvalue weighted by molar-refractivity contribution is -0.117. The summed E-state index contributed by atoms with van der Waals surface area (Å²) < 4.78 is 0. The molecule has 1 atom stereocenters. The Balaban J connectivity index is 2.89. The molecule has 0 radical (unpaired) electrons. The summed E-state index contributed by atoms with van der Waals surface area (Å²) in [6, 6.07) is 6.71. The minimum atomic E-state index is 0.184. The van der Waals surface area contributed by atoms with Crippen LogP contribution in [0, 0.1) is 12.8 Å². The highest BCUT2D eigenvalue weighted by Crippen LogP contribution is 2.27. The van der Waals surface area contributed by atoms with Crippen molar-refractivity contribution in [1.82, 2.24) is 0 Å². The van der Waals surface area contributed by atoms with E-state index in [1.54, 1.807) is 6.92 Å². The van der Waals surface area contributed by atoms with Crippen LogP contribution in [0.4, 0.5) is 0 Å². The van der Waals surface area contributed by atoms with Crippen molar-refractivity contribution in [1.29, 1.82) is 0 Å². The van der Waals surface area contributed by atoms with E-state index in [1.807, 2.05) is 0 Å². The van der Waals surface area contributed by atoms with Gasteiger partial charge in [0.15, 0.2) is 0 Å². The van der Waals surface area contributed by atoms with Crippen LogP contribution in [0.3, 0.4) is 0 Å². The first-order valence-electron chi connectivity index (χ1n) is 6.79. The van der Waals surface area contributed by atoms with Crippen LogP contribution in [0.15, 0.2) is 18.2 Å². The number of carbonyl (C=O) groups is 1. The molecule has 0 amide bonds. The van der Waals surface area contributed by atoms with Gasteiger partial charge in [0.1, 0.15) is 5.78 Å². The summed E-state index contributed by atoms with van der Waals surface area (Å²) in [6.07, 6.45) is 1.67. The second-order valence-electron chi connectivity index (χ2n) is 6.61. The number of ketones is 1. The molecular formula is C17H26O. The molecule has 1 aromatic carbocycles. The summed E-state index contributed by atoms with van der Waals surface area (Å²) in [7, 11) is 0. The van der Waals surface area contributed by atoms with E-state index in [-0.39, 0.29) is 11.2 Å². The molecule has 0 aromatic heterocycles. The van der Waals surface area contributed by atoms with Gasteiger partial charge in [0.25, 0.3) is 0 Å². The van der Waals surface area contributed by atoms with Crippen LogP contribution in [-0.2, 0) is 16.6 Å². The maximum absolute atomic E-state index is 11.1. The molecule has 0 aliphatic carbocycles. The Morgan fingerprint density at radius 3 is 2.39 bits per heavy atom. The summed E-state index contributed by atoms with van der Waals surface area (Å²) >= 11 is 0. The Hall–Kier alpha value is -1.11. The second kappa shape index (κ2) is 5.69. The molecule has 1 nitrogen and oxygen atoms in total. The fourth-order valence-electron chi connectivity index (χ4n) is 2.57. The number of rotatable bonds is 4. The van der Waals surface area contributed by atoms with Gasteiger partial charge >= 0.3 is 0 Å². The molecule has 18 heavy (non-hydrogen) atoms. The molecule has 1 unspecified atom stereocenters. The zero-order valence-electron chi connectivity index (χ0n) is 12.6. The summed E-state index contributed by atoms with van der Waals surface area (Å²) in [6.45, 7) is 12.7. The van der Waals surface area contributed by atoms with E-state index < -0.39 is 0 Å². The van der Waals surface area contributed by atoms with Crippen molar-refractivity contribution >= 4 is 5.78 Å². The van der Waals surface area contributed by atoms with E-state index in [0.717, 1.165) is 6.42 Å². The van der Waals surface area contributed by atoms with E-state index in [0.29, 0.717) is 12.3 Å². The van der Waals surface area contributed by atoms with Crippen LogP contribution in [0.1, 0.15) is 57.7 Å². The van der Waals surface area contributed by atoms with Gasteiger partial charge in [-0.1, -0.05) is 45.9 Å². The fraction of sp³-hybridized carbons (Fsp3) is 0.588. The first kappa shape index (κ1) is 14.9. The van der Waals surface area contributed by atoms with E-state index in [9.17, 15) is 4.79 Å². The van der Waals surface area contributed by atoms with E-state index in [4.69, 9.17) is 0 Å². The lowest BCUT2D eigenvalue weighted by Crippen LogP contribution is -2.14. The Bertz CT molecular complexity index is 424. The van der Waals surface area contributed by atoms with Gasteiger partial charge in [0, 0.05) is 6.42 Å². The highest BCUT2D eigenvalue weighted by molar-refractivity contribution is 5.75. The van der Waals surface area contributed by atoms with Gasteiger partial charge in [-0.3, -0.25) is 0 Å². The van der Waals surface area contributed by atoms with Crippen molar-refractivity contribution in [2.45, 2.75) is 59.8 Å². The number of aryl methyl sites for hydroxylation is 1. The van der Waals surface area contributed by atoms with E-state index >= 15 is 0 Å². The maximum atomic E-state index is 11.1. The third-order valence-corrected chi connectivity index (χ3v) is 3.33. The average molecular weight is 246 g/mol. The Kier molecular flexibility index (Phi) is 4.72. The largest absolute Gasteiger partial charge is 0.300 e. The first-order valence-corrected chi connectivity index (χ1v) is 6.79. The predicted molar refractivity (Wildman–Crippen MR) is 78.0 cm³/mol. The van der Waals surface area contributed by atoms with Crippen molar-refractivity contribution in [3.8, 4) is 0 Å². The molecule has 0 N–H and O–H groups in total. The summed E-state index contributed by atoms with van der Waals surface area (Å²) in [4.78, 5) is 11.1. The fourth-order valence-corrected chi connectivity index (χ4v) is 2.57. The van der Waals surface area contributed by atoms with Crippen LogP contribution in [0.25, 0.3) is 0 Å². The first-order chi connectivity index (χ1) is 8.20. The van der Waals surface area contributed by atoms with Gasteiger partial charge in [-0.15, -0.1) is 0 Å². The molecule has 0 aliphatic rings. The van der Waals surface area contributed by atoms with Crippen molar-refractivity contribution in [2.24, 2.45) is 5.92 Å². The van der Waals surface area contributed by atoms with Gasteiger partial charge in [0.05, 0.1) is 0 Å². The number of hydrogen-bond donors (Lipinski definition) is 0. The van der Waals surface area contributed by atoms with E-state index in [2.05, 4.69) is 52.8 Å². The minimum Gasteiger partial charge on any atom is -0.300 e. The average Bonchev–Trinajstić information content (AvgIpc) is 2.17. The van der Waals surface area contributed by atoms with Crippen LogP contribution in [0.2, 0.25) is 0 Å². The molecule has 1 heteroatoms. The number of hydrogen-bond acceptors (Lipinski definition) is 1. The SMILES string of the molecule is CC(=O)CC(C)Cc1ccc(C)c(C(C)(C)C)c1. The standard InChI is InChI=1S/C17H26O/c1-12(9-14(3)18)10-15-8-7-13(2)16(11-15)17(4,5)6/h7-8,11-12H,9-10H2,1-6H3. The summed E-state index contributed by atoms with van der Waals surface area (Å²) in [5.74, 6) is 0.712. The monoisotopic (exact) mass is 246 g/mol. The molecule has 1 rings (SSSR count). The Morgan fingerprint density at radius 1 is 1.28 bits per heavy atom. The maximum Gasteiger partial charge on any atom is 0.130 e. The zero-order valence-corrected chi connectivity index (χ0v) is 12.6. The van der Waals surface area contributed by atoms with Crippen LogP contribution in [0.5, 0.6) is 0 Å². The van der Waals surface area contributed by atoms with Crippen molar-refractivity contribution in [3.63, 3.8) is 0 Å². The molecule has 0 saturated heterocycles. The van der Waals surface area contributed by atoms with Gasteiger partial charge in [-0.2, -0.15) is 0 Å². The van der Waals surface area contributed by atoms with Gasteiger partial charge < -0.3 is 4.79 Å². The highest BCUT2D eigenvalue weighted by Gasteiger charge is 2.17. The Morgan fingerprint density at radius 2 is 1.89 bits per heavy atom. The predicted octanol–water partition coefficient (Wildman–Crippen LogP) is 4.45. The van der Waals surface area contributed by atoms with E-state index in [1.165, 1.54) is 16.7 Å². The third kappa shape index (κ3) is 4.29. The van der Waals surface area contributed by atoms with Gasteiger partial charge in [0.2, 0.25) is 0 Å². The molecule has 0 saturated carbocycles. The normalized spacial score (nSPS) is 13.4. The van der Waals surface area contributed by atoms with Crippen LogP contribution >= 0.6 is 0 Å². The highest BCUT2D eigenvalue weighted by atomic mass is 16.1. The number of benzene rings is 1. The topological polar surface area (TPSA) is 17.1 Å². The van der Waals surface area contributed by atoms with Gasteiger partial charge in [-0.05, 0) is 48.3 Å². The zero-order chi connectivity index (χ0) is 13.9. The molecule has 0 aliphatic heterocycles. The lowest BCUT2D eigenvalue weighted by atomic mass is 9.82. The van der Waals surface area contributed by atoms with Crippen molar-refractivity contribution < 1.29 is 4.79 Å². The van der Waals surface area contributed by atoms with Gasteiger partial charge in [-0.25, -0.2) is 0 Å². The number of carbonyl (C=O) groups excluding carboxylic acids is 1. The third-order valence-electron chi connectivity index (χ3n) is 3.33. The second-order valence-corrected chi connectivity index (χ2v) is 6.61. The summed E-state index contributed by atoms with van der Waals surface area (Å²) in [5, 5.41) is 0. The molecule has 100 valence electrons. The number of Topliss-reactive ketones (excluding diaryl/α,β-unsaturated/α-hetero) is 1. The molecule has 0 heterocycles. The summed E-state index contributed by atoms with van der Waals surface area (Å²) in [5.41, 5.74) is 4.30. The van der Waals surface area contributed by atoms with Crippen LogP contribution in [-0.4, -0.2) is 5.78 Å². The Labute approximate surface area is 112 Å². The molecule has 0 bridgehead atoms. The smallest absolute Gasteiger partial charge is 0.130 e. The molecule has 1 aromatic rings. The molecule has 0 spiro atoms. The van der Waals surface area contributed by atoms with Crippen molar-refractivity contribution in [3.05, 3.63) is 34.9 Å². The quantitative estimate of drug-likeness (QED) is 0.767. The van der Waals surface area contributed by atoms with Crippen molar-refractivity contribution in [2.75, 3.05) is 0 Å². The van der Waals surface area contributed by atoms with Crippen LogP contribution < -0.4 is 0 Å². The molecular weight excluding hydrogens is 220 g/mol. The molecule has 0 fully saturated rings. The lowest BCUT2D eigenvalue weighted by Gasteiger charge is -2.23.